The summed E-state index contributed by atoms with van der Waals surface area (Å²) in [5, 5.41) is 0. The molecule has 19 heavy (non-hydrogen) atoms. The van der Waals surface area contributed by atoms with Crippen LogP contribution in [-0.4, -0.2) is 3.92 Å². The number of benzene rings is 1. The first-order valence-electron chi connectivity index (χ1n) is 7.12. The van der Waals surface area contributed by atoms with Crippen molar-refractivity contribution in [2.75, 3.05) is 0 Å². The molecule has 0 saturated carbocycles. The fourth-order valence-electron chi connectivity index (χ4n) is 2.95. The van der Waals surface area contributed by atoms with Crippen LogP contribution in [0.25, 0.3) is 5.57 Å². The molecule has 0 aliphatic heterocycles. The minimum absolute atomic E-state index is 0.693. The molecule has 0 amide bonds. The second-order valence-corrected chi connectivity index (χ2v) is 8.27. The van der Waals surface area contributed by atoms with E-state index < -0.39 is 0 Å². The van der Waals surface area contributed by atoms with Crippen molar-refractivity contribution in [1.29, 1.82) is 0 Å². The average Bonchev–Trinajstić information content (AvgIpc) is 2.76. The average molecular weight is 366 g/mol. The van der Waals surface area contributed by atoms with Crippen LogP contribution in [0.4, 0.5) is 0 Å². The number of alkyl halides is 1. The van der Waals surface area contributed by atoms with E-state index in [0.29, 0.717) is 5.92 Å². The minimum Gasteiger partial charge on any atom is -0.0832 e. The molecule has 1 unspecified atom stereocenters. The molecule has 0 radical (unpaired) electrons. The predicted octanol–water partition coefficient (Wildman–Crippen LogP) is 5.65. The maximum atomic E-state index is 2.35. The van der Waals surface area contributed by atoms with Crippen LogP contribution in [0.2, 0.25) is 0 Å². The lowest BCUT2D eigenvalue weighted by atomic mass is 9.79. The van der Waals surface area contributed by atoms with Gasteiger partial charge in [-0.3, -0.25) is 0 Å². The highest BCUT2D eigenvalue weighted by Crippen LogP contribution is 2.40. The molecule has 0 fully saturated rings. The Kier molecular flexibility index (Phi) is 4.88. The summed E-state index contributed by atoms with van der Waals surface area (Å²) in [5.41, 5.74) is 7.49. The lowest BCUT2D eigenvalue weighted by Crippen LogP contribution is -2.11. The fourth-order valence-corrected chi connectivity index (χ4v) is 2.95. The van der Waals surface area contributed by atoms with E-state index in [2.05, 4.69) is 80.6 Å². The van der Waals surface area contributed by atoms with Gasteiger partial charge < -0.3 is 0 Å². The number of allylic oxidation sites excluding steroid dienone is 4. The van der Waals surface area contributed by atoms with Gasteiger partial charge in [0.05, 0.1) is 0 Å². The van der Waals surface area contributed by atoms with Gasteiger partial charge in [0.25, 0.3) is 0 Å². The number of hydrogen-bond acceptors (Lipinski definition) is 0. The van der Waals surface area contributed by atoms with Crippen molar-refractivity contribution >= 4 is 28.2 Å². The Labute approximate surface area is 131 Å². The number of aryl methyl sites for hydroxylation is 2. The Morgan fingerprint density at radius 3 is 2.58 bits per heavy atom. The summed E-state index contributed by atoms with van der Waals surface area (Å²) in [6.07, 6.45) is 9.39. The largest absolute Gasteiger partial charge is 0.0832 e. The van der Waals surface area contributed by atoms with Crippen LogP contribution < -0.4 is 0 Å². The lowest BCUT2D eigenvalue weighted by Gasteiger charge is -2.25. The molecule has 1 aromatic rings. The van der Waals surface area contributed by atoms with E-state index in [1.54, 1.807) is 11.1 Å². The summed E-state index contributed by atoms with van der Waals surface area (Å²) in [7, 11) is 0. The molecule has 2 aliphatic rings. The number of fused-ring (bicyclic) bond motifs is 3. The molecule has 1 atom stereocenters. The number of rotatable bonds is 0. The van der Waals surface area contributed by atoms with E-state index in [1.165, 1.54) is 29.5 Å². The molecule has 1 heteroatoms. The van der Waals surface area contributed by atoms with Crippen LogP contribution in [0, 0.1) is 19.8 Å². The normalized spacial score (nSPS) is 19.5. The van der Waals surface area contributed by atoms with E-state index in [9.17, 15) is 0 Å². The van der Waals surface area contributed by atoms with Crippen molar-refractivity contribution in [3.05, 3.63) is 52.6 Å². The molecule has 0 bridgehead atoms. The topological polar surface area (TPSA) is 0 Å². The third kappa shape index (κ3) is 3.50. The van der Waals surface area contributed by atoms with Gasteiger partial charge in [-0.05, 0) is 49.0 Å². The molecule has 2 aliphatic carbocycles. The van der Waals surface area contributed by atoms with Gasteiger partial charge in [0, 0.05) is 9.84 Å². The van der Waals surface area contributed by atoms with E-state index in [-0.39, 0.29) is 0 Å². The quantitative estimate of drug-likeness (QED) is 0.411. The second kappa shape index (κ2) is 6.25. The number of hydrogen-bond donors (Lipinski definition) is 0. The molecule has 0 aromatic heterocycles. The molecule has 3 rings (SSSR count). The highest BCUT2D eigenvalue weighted by atomic mass is 127. The first-order valence-corrected chi connectivity index (χ1v) is 8.36. The Morgan fingerprint density at radius 2 is 1.89 bits per heavy atom. The molecular formula is C18H23I. The predicted molar refractivity (Wildman–Crippen MR) is 94.0 cm³/mol. The van der Waals surface area contributed by atoms with Crippen LogP contribution in [-0.2, 0) is 6.42 Å². The Bertz CT molecular complexity index is 518. The zero-order valence-electron chi connectivity index (χ0n) is 12.3. The third-order valence-electron chi connectivity index (χ3n) is 3.65. The van der Waals surface area contributed by atoms with Crippen LogP contribution in [0.5, 0.6) is 0 Å². The summed E-state index contributed by atoms with van der Waals surface area (Å²) in [6, 6.07) is 4.66. The summed E-state index contributed by atoms with van der Waals surface area (Å²) < 4.78 is 0.803. The molecule has 0 nitrogen and oxygen atoms in total. The van der Waals surface area contributed by atoms with Gasteiger partial charge in [-0.1, -0.05) is 72.4 Å². The van der Waals surface area contributed by atoms with Crippen LogP contribution >= 0.6 is 22.6 Å². The maximum absolute atomic E-state index is 2.35. The molecule has 0 spiro atoms. The van der Waals surface area contributed by atoms with Crippen molar-refractivity contribution in [1.82, 2.24) is 0 Å². The minimum atomic E-state index is 0.693. The first-order chi connectivity index (χ1) is 8.99. The zero-order chi connectivity index (χ0) is 14.0. The Hall–Kier alpha value is -0.570. The summed E-state index contributed by atoms with van der Waals surface area (Å²) in [6.45, 7) is 8.75. The summed E-state index contributed by atoms with van der Waals surface area (Å²) >= 11 is 2.34. The second-order valence-electron chi connectivity index (χ2n) is 5.77. The van der Waals surface area contributed by atoms with E-state index in [4.69, 9.17) is 0 Å². The maximum Gasteiger partial charge on any atom is 0.00530 e. The summed E-state index contributed by atoms with van der Waals surface area (Å²) in [4.78, 5) is 0. The first kappa shape index (κ1) is 14.8. The molecule has 102 valence electrons. The van der Waals surface area contributed by atoms with Crippen molar-refractivity contribution < 1.29 is 0 Å². The zero-order valence-corrected chi connectivity index (χ0v) is 14.5. The van der Waals surface area contributed by atoms with Gasteiger partial charge in [-0.15, -0.1) is 0 Å². The van der Waals surface area contributed by atoms with Gasteiger partial charge in [-0.25, -0.2) is 0 Å². The fraction of sp³-hybridized carbons (Fsp3) is 0.444. The van der Waals surface area contributed by atoms with E-state index in [0.717, 1.165) is 3.92 Å². The van der Waals surface area contributed by atoms with Gasteiger partial charge in [0.2, 0.25) is 0 Å². The number of halogens is 1. The van der Waals surface area contributed by atoms with Gasteiger partial charge in [0.1, 0.15) is 0 Å². The smallest absolute Gasteiger partial charge is 0.00530 e. The molecule has 1 aromatic carbocycles. The molecule has 0 heterocycles. The molecular weight excluding hydrogens is 343 g/mol. The van der Waals surface area contributed by atoms with Crippen molar-refractivity contribution in [2.24, 2.45) is 5.92 Å². The standard InChI is InChI=1S/C15H16.C3H7I/c1-10-8-11(2)13-7-6-12-4-3-5-14(12)15(13)9-10;1-3(2)4/h3-5,8-9,12H,6-7H2,1-2H3;3H,1-2H3. The Balaban J connectivity index is 0.000000297. The van der Waals surface area contributed by atoms with Crippen LogP contribution in [0.1, 0.15) is 42.5 Å². The highest BCUT2D eigenvalue weighted by molar-refractivity contribution is 14.1. The highest BCUT2D eigenvalue weighted by Gasteiger charge is 2.24. The molecule has 0 saturated heterocycles. The van der Waals surface area contributed by atoms with E-state index >= 15 is 0 Å². The van der Waals surface area contributed by atoms with Gasteiger partial charge in [0.15, 0.2) is 0 Å². The van der Waals surface area contributed by atoms with Crippen LogP contribution in [0.3, 0.4) is 0 Å². The van der Waals surface area contributed by atoms with E-state index in [1.807, 2.05) is 0 Å². The third-order valence-corrected chi connectivity index (χ3v) is 3.65. The Morgan fingerprint density at radius 1 is 1.21 bits per heavy atom. The van der Waals surface area contributed by atoms with Crippen molar-refractivity contribution in [3.8, 4) is 0 Å². The van der Waals surface area contributed by atoms with Gasteiger partial charge >= 0.3 is 0 Å². The van der Waals surface area contributed by atoms with Crippen LogP contribution in [0.15, 0.2) is 30.4 Å². The lowest BCUT2D eigenvalue weighted by molar-refractivity contribution is 0.701. The van der Waals surface area contributed by atoms with Crippen molar-refractivity contribution in [3.63, 3.8) is 0 Å². The molecule has 0 N–H and O–H groups in total. The van der Waals surface area contributed by atoms with Gasteiger partial charge in [-0.2, -0.15) is 0 Å². The SMILES string of the molecule is CC(C)I.Cc1cc(C)c2c(c1)C1=CC=CC1CC2. The monoisotopic (exact) mass is 366 g/mol. The van der Waals surface area contributed by atoms with Crippen molar-refractivity contribution in [2.45, 2.75) is 44.5 Å². The summed E-state index contributed by atoms with van der Waals surface area (Å²) in [5.74, 6) is 0.693.